The smallest absolute Gasteiger partial charge is 0.242 e. The number of amides is 1. The molecule has 1 aromatic carbocycles. The van der Waals surface area contributed by atoms with Crippen molar-refractivity contribution < 1.29 is 9.90 Å². The number of anilines is 1. The number of aliphatic hydroxyl groups excluding tert-OH is 1. The summed E-state index contributed by atoms with van der Waals surface area (Å²) in [6, 6.07) is 11.4. The average molecular weight is 286 g/mol. The fraction of sp³-hybridized carbons (Fsp3) is 0.333. The van der Waals surface area contributed by atoms with E-state index in [1.54, 1.807) is 10.7 Å². The molecular weight excluding hydrogens is 268 g/mol. The molecule has 0 radical (unpaired) electrons. The molecule has 6 heteroatoms. The number of rotatable bonds is 4. The van der Waals surface area contributed by atoms with E-state index in [1.807, 2.05) is 36.5 Å². The zero-order valence-corrected chi connectivity index (χ0v) is 11.6. The van der Waals surface area contributed by atoms with E-state index in [1.165, 1.54) is 0 Å². The second kappa shape index (κ2) is 6.07. The molecule has 6 nitrogen and oxygen atoms in total. The predicted molar refractivity (Wildman–Crippen MR) is 78.8 cm³/mol. The van der Waals surface area contributed by atoms with Crippen LogP contribution >= 0.6 is 0 Å². The average Bonchev–Trinajstić information content (AvgIpc) is 3.09. The zero-order chi connectivity index (χ0) is 14.7. The number of hydrogen-bond acceptors (Lipinski definition) is 4. The van der Waals surface area contributed by atoms with Gasteiger partial charge in [0.05, 0.1) is 18.7 Å². The van der Waals surface area contributed by atoms with E-state index in [2.05, 4.69) is 15.7 Å². The highest BCUT2D eigenvalue weighted by Gasteiger charge is 2.28. The Morgan fingerprint density at radius 3 is 2.90 bits per heavy atom. The predicted octanol–water partition coefficient (Wildman–Crippen LogP) is 0.593. The van der Waals surface area contributed by atoms with Crippen LogP contribution in [0.3, 0.4) is 0 Å². The SMILES string of the molecule is O=C(Nc1ccn(Cc2ccccc2)n1)C1CC(O)CN1. The van der Waals surface area contributed by atoms with Crippen molar-refractivity contribution in [1.29, 1.82) is 0 Å². The summed E-state index contributed by atoms with van der Waals surface area (Å²) in [5.41, 5.74) is 1.15. The van der Waals surface area contributed by atoms with Crippen LogP contribution in [0.25, 0.3) is 0 Å². The highest BCUT2D eigenvalue weighted by atomic mass is 16.3. The van der Waals surface area contributed by atoms with Crippen molar-refractivity contribution in [2.75, 3.05) is 11.9 Å². The molecule has 110 valence electrons. The van der Waals surface area contributed by atoms with Crippen molar-refractivity contribution in [3.63, 3.8) is 0 Å². The van der Waals surface area contributed by atoms with Crippen LogP contribution in [0, 0.1) is 0 Å². The Labute approximate surface area is 122 Å². The lowest BCUT2D eigenvalue weighted by Crippen LogP contribution is -2.35. The minimum absolute atomic E-state index is 0.156. The second-order valence-corrected chi connectivity index (χ2v) is 5.22. The van der Waals surface area contributed by atoms with Crippen LogP contribution in [0.5, 0.6) is 0 Å². The third kappa shape index (κ3) is 3.48. The molecule has 21 heavy (non-hydrogen) atoms. The molecule has 2 atom stereocenters. The van der Waals surface area contributed by atoms with Gasteiger partial charge >= 0.3 is 0 Å². The van der Waals surface area contributed by atoms with Gasteiger partial charge in [-0.25, -0.2) is 0 Å². The number of aromatic nitrogens is 2. The minimum atomic E-state index is -0.448. The van der Waals surface area contributed by atoms with E-state index in [4.69, 9.17) is 0 Å². The summed E-state index contributed by atoms with van der Waals surface area (Å²) in [5.74, 6) is 0.371. The molecule has 0 aliphatic carbocycles. The highest BCUT2D eigenvalue weighted by Crippen LogP contribution is 2.10. The van der Waals surface area contributed by atoms with Gasteiger partial charge in [-0.2, -0.15) is 5.10 Å². The summed E-state index contributed by atoms with van der Waals surface area (Å²) >= 11 is 0. The molecule has 3 rings (SSSR count). The van der Waals surface area contributed by atoms with Gasteiger partial charge in [-0.15, -0.1) is 0 Å². The molecule has 2 unspecified atom stereocenters. The fourth-order valence-corrected chi connectivity index (χ4v) is 2.42. The number of carbonyl (C=O) groups is 1. The molecule has 1 saturated heterocycles. The van der Waals surface area contributed by atoms with Gasteiger partial charge in [-0.1, -0.05) is 30.3 Å². The number of hydrogen-bond donors (Lipinski definition) is 3. The maximum atomic E-state index is 12.0. The maximum Gasteiger partial charge on any atom is 0.242 e. The summed E-state index contributed by atoms with van der Waals surface area (Å²) in [6.07, 6.45) is 1.83. The van der Waals surface area contributed by atoms with E-state index in [0.717, 1.165) is 5.56 Å². The lowest BCUT2D eigenvalue weighted by atomic mass is 10.2. The van der Waals surface area contributed by atoms with Crippen LogP contribution in [-0.4, -0.2) is 39.5 Å². The van der Waals surface area contributed by atoms with Crippen molar-refractivity contribution in [2.24, 2.45) is 0 Å². The molecule has 1 amide bonds. The Balaban J connectivity index is 1.59. The Kier molecular flexibility index (Phi) is 3.98. The molecule has 0 bridgehead atoms. The topological polar surface area (TPSA) is 79.2 Å². The number of carbonyl (C=O) groups excluding carboxylic acids is 1. The molecule has 1 fully saturated rings. The van der Waals surface area contributed by atoms with Crippen LogP contribution in [0.2, 0.25) is 0 Å². The number of nitrogens with zero attached hydrogens (tertiary/aromatic N) is 2. The Bertz CT molecular complexity index is 611. The maximum absolute atomic E-state index is 12.0. The van der Waals surface area contributed by atoms with Crippen LogP contribution in [-0.2, 0) is 11.3 Å². The third-order valence-corrected chi connectivity index (χ3v) is 3.50. The summed E-state index contributed by atoms with van der Waals surface area (Å²) in [4.78, 5) is 12.0. The Hall–Kier alpha value is -2.18. The lowest BCUT2D eigenvalue weighted by molar-refractivity contribution is -0.118. The van der Waals surface area contributed by atoms with E-state index in [9.17, 15) is 9.90 Å². The standard InChI is InChI=1S/C15H18N4O2/c20-12-8-13(16-9-12)15(21)17-14-6-7-19(18-14)10-11-4-2-1-3-5-11/h1-7,12-13,16,20H,8-10H2,(H,17,18,21). The van der Waals surface area contributed by atoms with Gasteiger partial charge in [0.1, 0.15) is 0 Å². The monoisotopic (exact) mass is 286 g/mol. The quantitative estimate of drug-likeness (QED) is 0.769. The van der Waals surface area contributed by atoms with E-state index in [0.29, 0.717) is 25.3 Å². The van der Waals surface area contributed by atoms with E-state index in [-0.39, 0.29) is 11.9 Å². The first-order chi connectivity index (χ1) is 10.2. The van der Waals surface area contributed by atoms with Crippen molar-refractivity contribution >= 4 is 11.7 Å². The lowest BCUT2D eigenvalue weighted by Gasteiger charge is -2.08. The molecule has 1 aliphatic heterocycles. The summed E-state index contributed by atoms with van der Waals surface area (Å²) in [6.45, 7) is 1.12. The van der Waals surface area contributed by atoms with Gasteiger partial charge in [0.25, 0.3) is 0 Å². The second-order valence-electron chi connectivity index (χ2n) is 5.22. The summed E-state index contributed by atoms with van der Waals surface area (Å²) in [5, 5.41) is 19.5. The molecule has 2 aromatic rings. The van der Waals surface area contributed by atoms with Gasteiger partial charge in [0.2, 0.25) is 5.91 Å². The summed E-state index contributed by atoms with van der Waals surface area (Å²) in [7, 11) is 0. The number of β-amino-alcohol motifs (C(OH)–C–C–N with tert-alkyl or cyclic N) is 1. The Morgan fingerprint density at radius 1 is 1.38 bits per heavy atom. The molecule has 1 aromatic heterocycles. The Morgan fingerprint density at radius 2 is 2.19 bits per heavy atom. The normalized spacial score (nSPS) is 21.4. The van der Waals surface area contributed by atoms with Crippen LogP contribution < -0.4 is 10.6 Å². The highest BCUT2D eigenvalue weighted by molar-refractivity contribution is 5.94. The largest absolute Gasteiger partial charge is 0.392 e. The van der Waals surface area contributed by atoms with E-state index < -0.39 is 6.10 Å². The van der Waals surface area contributed by atoms with Gasteiger partial charge in [0, 0.05) is 18.8 Å². The first-order valence-corrected chi connectivity index (χ1v) is 7.00. The van der Waals surface area contributed by atoms with Crippen molar-refractivity contribution in [3.05, 3.63) is 48.2 Å². The molecule has 1 aliphatic rings. The molecule has 0 spiro atoms. The molecular formula is C15H18N4O2. The van der Waals surface area contributed by atoms with Crippen LogP contribution in [0.15, 0.2) is 42.6 Å². The van der Waals surface area contributed by atoms with Crippen molar-refractivity contribution in [3.8, 4) is 0 Å². The molecule has 2 heterocycles. The minimum Gasteiger partial charge on any atom is -0.392 e. The van der Waals surface area contributed by atoms with Crippen molar-refractivity contribution in [2.45, 2.75) is 25.1 Å². The molecule has 0 saturated carbocycles. The zero-order valence-electron chi connectivity index (χ0n) is 11.6. The van der Waals surface area contributed by atoms with Crippen LogP contribution in [0.4, 0.5) is 5.82 Å². The first-order valence-electron chi connectivity index (χ1n) is 7.00. The number of benzene rings is 1. The van der Waals surface area contributed by atoms with Crippen LogP contribution in [0.1, 0.15) is 12.0 Å². The molecule has 3 N–H and O–H groups in total. The number of aliphatic hydroxyl groups is 1. The van der Waals surface area contributed by atoms with Crippen molar-refractivity contribution in [1.82, 2.24) is 15.1 Å². The first kappa shape index (κ1) is 13.8. The van der Waals surface area contributed by atoms with Gasteiger partial charge in [0.15, 0.2) is 5.82 Å². The number of nitrogens with one attached hydrogen (secondary N) is 2. The third-order valence-electron chi connectivity index (χ3n) is 3.50. The van der Waals surface area contributed by atoms with Gasteiger partial charge in [-0.05, 0) is 12.0 Å². The fourth-order valence-electron chi connectivity index (χ4n) is 2.42. The van der Waals surface area contributed by atoms with E-state index >= 15 is 0 Å². The van der Waals surface area contributed by atoms with Gasteiger partial charge < -0.3 is 15.7 Å². The summed E-state index contributed by atoms with van der Waals surface area (Å²) < 4.78 is 1.78. The van der Waals surface area contributed by atoms with Gasteiger partial charge in [-0.3, -0.25) is 9.48 Å².